The number of aliphatic hydroxyl groups is 5. The fourth-order valence-electron chi connectivity index (χ4n) is 7.38. The maximum atomic E-state index is 9.53. The van der Waals surface area contributed by atoms with Crippen molar-refractivity contribution in [2.75, 3.05) is 75.9 Å². The Morgan fingerprint density at radius 2 is 0.672 bits per heavy atom. The first-order valence-electron chi connectivity index (χ1n) is 21.8. The van der Waals surface area contributed by atoms with Gasteiger partial charge in [-0.25, -0.2) is 0 Å². The molecule has 0 radical (unpaired) electrons. The van der Waals surface area contributed by atoms with Crippen molar-refractivity contribution >= 4 is 48.8 Å². The Kier molecular flexibility index (Phi) is 27.6. The van der Waals surface area contributed by atoms with Gasteiger partial charge in [-0.05, 0) is 48.7 Å². The van der Waals surface area contributed by atoms with Crippen LogP contribution in [0.1, 0.15) is 86.0 Å². The van der Waals surface area contributed by atoms with Gasteiger partial charge in [-0.1, -0.05) is 60.3 Å². The molecular weight excluding hydrogens is 829 g/mol. The molecule has 8 fully saturated rings. The molecular formula is C41H78O13S4. The molecule has 0 aromatic rings. The molecule has 13 nitrogen and oxygen atoms in total. The lowest BCUT2D eigenvalue weighted by molar-refractivity contribution is 0.00205. The highest BCUT2D eigenvalue weighted by Gasteiger charge is 2.49. The van der Waals surface area contributed by atoms with Gasteiger partial charge >= 0.3 is 0 Å². The maximum absolute atomic E-state index is 9.53. The number of thiol groups is 2. The summed E-state index contributed by atoms with van der Waals surface area (Å²) in [6.07, 6.45) is 7.35. The summed E-state index contributed by atoms with van der Waals surface area (Å²) in [5.41, 5.74) is 0. The summed E-state index contributed by atoms with van der Waals surface area (Å²) in [7, 11) is 0. The zero-order valence-electron chi connectivity index (χ0n) is 35.6. The maximum Gasteiger partial charge on any atom is 0.114 e. The largest absolute Gasteiger partial charge is 0.388 e. The van der Waals surface area contributed by atoms with Gasteiger partial charge in [-0.2, -0.15) is 48.8 Å². The van der Waals surface area contributed by atoms with Gasteiger partial charge in [0.1, 0.15) is 73.2 Å². The first-order valence-corrected chi connectivity index (χ1v) is 25.2. The van der Waals surface area contributed by atoms with E-state index in [-0.39, 0.29) is 62.0 Å². The zero-order valence-corrected chi connectivity index (χ0v) is 39.0. The van der Waals surface area contributed by atoms with Crippen molar-refractivity contribution in [2.45, 2.75) is 176 Å². The van der Waals surface area contributed by atoms with Crippen LogP contribution < -0.4 is 0 Å². The molecule has 0 aromatic carbocycles. The number of aliphatic hydroxyl groups excluding tert-OH is 5. The Bertz CT molecular complexity index is 931. The Morgan fingerprint density at radius 3 is 0.983 bits per heavy atom. The van der Waals surface area contributed by atoms with Crippen LogP contribution in [0.25, 0.3) is 0 Å². The molecule has 17 heteroatoms. The van der Waals surface area contributed by atoms with E-state index in [4.69, 9.17) is 48.1 Å². The second-order valence-electron chi connectivity index (χ2n) is 15.9. The van der Waals surface area contributed by atoms with E-state index in [0.29, 0.717) is 36.2 Å². The summed E-state index contributed by atoms with van der Waals surface area (Å²) < 4.78 is 43.0. The van der Waals surface area contributed by atoms with E-state index >= 15 is 0 Å². The summed E-state index contributed by atoms with van der Waals surface area (Å²) in [6.45, 7) is 14.9. The van der Waals surface area contributed by atoms with Crippen LogP contribution in [0.5, 0.6) is 0 Å². The molecule has 8 aliphatic rings. The van der Waals surface area contributed by atoms with E-state index in [1.54, 1.807) is 0 Å². The molecule has 0 aromatic heterocycles. The van der Waals surface area contributed by atoms with Crippen LogP contribution in [-0.2, 0) is 37.9 Å². The van der Waals surface area contributed by atoms with Crippen molar-refractivity contribution in [1.29, 1.82) is 0 Å². The van der Waals surface area contributed by atoms with Crippen LogP contribution in [0.15, 0.2) is 0 Å². The highest BCUT2D eigenvalue weighted by Crippen LogP contribution is 2.35. The minimum absolute atomic E-state index is 0.0463. The lowest BCUT2D eigenvalue weighted by Crippen LogP contribution is -2.30. The number of fused-ring (bicyclic) bond motifs is 4. The number of hydrogen-bond donors (Lipinski definition) is 7. The zero-order chi connectivity index (χ0) is 42.5. The molecule has 8 aliphatic heterocycles. The van der Waals surface area contributed by atoms with Gasteiger partial charge in [-0.15, -0.1) is 0 Å². The number of thioether (sulfide) groups is 2. The van der Waals surface area contributed by atoms with Gasteiger partial charge in [0.2, 0.25) is 0 Å². The minimum atomic E-state index is -0.554. The van der Waals surface area contributed by atoms with Crippen LogP contribution in [-0.4, -0.2) is 191 Å². The van der Waals surface area contributed by atoms with Gasteiger partial charge in [0.05, 0.1) is 69.5 Å². The summed E-state index contributed by atoms with van der Waals surface area (Å²) in [6, 6.07) is 0. The molecule has 0 unspecified atom stereocenters. The molecule has 8 saturated heterocycles. The SMILES string of the molecule is CCCCS.CCCCS.CCCCS[C@@H]1CO[C@H]2[C@@H]1OC[C@H]2O.CCCCS[C@H]1CO[C@H]2[C@@H]1OC[C@@H]2O.C[C@@H]1CO[C@H]2[C@@H]1OC[C@@H]2O.O[C@@H]1CO[C@H]2[C@@H]1OC[C@@H]2O. The Balaban J connectivity index is 0.000000194. The van der Waals surface area contributed by atoms with E-state index in [1.807, 2.05) is 23.5 Å². The smallest absolute Gasteiger partial charge is 0.114 e. The predicted molar refractivity (Wildman–Crippen MR) is 237 cm³/mol. The van der Waals surface area contributed by atoms with Crippen molar-refractivity contribution in [1.82, 2.24) is 0 Å². The first-order chi connectivity index (χ1) is 28.1. The number of rotatable bonds is 12. The molecule has 5 N–H and O–H groups in total. The lowest BCUT2D eigenvalue weighted by atomic mass is 10.0. The monoisotopic (exact) mass is 906 g/mol. The van der Waals surface area contributed by atoms with E-state index in [1.165, 1.54) is 62.9 Å². The Labute approximate surface area is 368 Å². The van der Waals surface area contributed by atoms with Crippen molar-refractivity contribution in [3.63, 3.8) is 0 Å². The predicted octanol–water partition coefficient (Wildman–Crippen LogP) is 3.81. The molecule has 8 heterocycles. The van der Waals surface area contributed by atoms with E-state index < -0.39 is 30.5 Å². The van der Waals surface area contributed by atoms with Gasteiger partial charge in [0.25, 0.3) is 0 Å². The summed E-state index contributed by atoms with van der Waals surface area (Å²) in [5, 5.41) is 47.5. The molecule has 0 saturated carbocycles. The van der Waals surface area contributed by atoms with Gasteiger partial charge in [0.15, 0.2) is 0 Å². The highest BCUT2D eigenvalue weighted by atomic mass is 32.2. The van der Waals surface area contributed by atoms with Gasteiger partial charge < -0.3 is 63.4 Å². The average molecular weight is 907 g/mol. The van der Waals surface area contributed by atoms with Crippen molar-refractivity contribution in [2.24, 2.45) is 5.92 Å². The quantitative estimate of drug-likeness (QED) is 0.111. The van der Waals surface area contributed by atoms with Gasteiger partial charge in [0, 0.05) is 5.92 Å². The molecule has 0 aliphatic carbocycles. The highest BCUT2D eigenvalue weighted by molar-refractivity contribution is 8.00. The number of hydrogen-bond acceptors (Lipinski definition) is 17. The molecule has 344 valence electrons. The van der Waals surface area contributed by atoms with Crippen LogP contribution >= 0.6 is 48.8 Å². The standard InChI is InChI=1S/2C10H18O3S.C7H12O3.C6H10O4.2C4H10S/c2*1-2-3-4-14-8-6-13-9-7(11)5-12-10(8)9;1-4-2-9-7-5(8)3-10-6(4)7;7-3-1-9-6-4(8)2-10-5(3)6;2*1-2-3-4-5/h2*7-11H,2-6H2,1H3;4-8H,2-3H2,1H3;3-8H,1-2H2;2*5H,2-4H2,1H3/t7-,8-,9+,10+;7-,8-,9-,10-;4-,5+,6-,7-;3-,4+,5-,6-;;/m0111../s1. The number of ether oxygens (including phenoxy) is 8. The normalized spacial score (nSPS) is 39.9. The third-order valence-corrected chi connectivity index (χ3v) is 14.3. The van der Waals surface area contributed by atoms with Crippen molar-refractivity contribution < 1.29 is 63.4 Å². The molecule has 58 heavy (non-hydrogen) atoms. The minimum Gasteiger partial charge on any atom is -0.388 e. The van der Waals surface area contributed by atoms with Crippen molar-refractivity contribution in [3.05, 3.63) is 0 Å². The summed E-state index contributed by atoms with van der Waals surface area (Å²) in [4.78, 5) is 0. The van der Waals surface area contributed by atoms with Crippen molar-refractivity contribution in [3.8, 4) is 0 Å². The lowest BCUT2D eigenvalue weighted by Gasteiger charge is -2.14. The molecule has 0 bridgehead atoms. The fraction of sp³-hybridized carbons (Fsp3) is 1.00. The Morgan fingerprint density at radius 1 is 0.397 bits per heavy atom. The van der Waals surface area contributed by atoms with Crippen LogP contribution in [0.2, 0.25) is 0 Å². The van der Waals surface area contributed by atoms with Crippen LogP contribution in [0, 0.1) is 5.92 Å². The summed E-state index contributed by atoms with van der Waals surface area (Å²) in [5.74, 6) is 4.87. The van der Waals surface area contributed by atoms with E-state index in [0.717, 1.165) is 31.3 Å². The van der Waals surface area contributed by atoms with Crippen LogP contribution in [0.4, 0.5) is 0 Å². The molecule has 0 amide bonds. The van der Waals surface area contributed by atoms with Gasteiger partial charge in [-0.3, -0.25) is 0 Å². The molecule has 8 rings (SSSR count). The number of unbranched alkanes of at least 4 members (excludes halogenated alkanes) is 4. The van der Waals surface area contributed by atoms with Crippen LogP contribution in [0.3, 0.4) is 0 Å². The van der Waals surface area contributed by atoms with E-state index in [9.17, 15) is 15.3 Å². The third kappa shape index (κ3) is 16.8. The molecule has 16 atom stereocenters. The second-order valence-corrected chi connectivity index (χ2v) is 19.5. The topological polar surface area (TPSA) is 175 Å². The first kappa shape index (κ1) is 53.2. The third-order valence-electron chi connectivity index (χ3n) is 10.9. The molecule has 0 spiro atoms. The van der Waals surface area contributed by atoms with E-state index in [2.05, 4.69) is 59.9 Å². The fourth-order valence-corrected chi connectivity index (χ4v) is 10.7. The second kappa shape index (κ2) is 30.1. The average Bonchev–Trinajstić information content (AvgIpc) is 4.09. The summed E-state index contributed by atoms with van der Waals surface area (Å²) >= 11 is 11.9. The Hall–Kier alpha value is 0.880.